The fraction of sp³-hybridized carbons (Fsp3) is 0.476. The van der Waals surface area contributed by atoms with E-state index in [0.717, 1.165) is 0 Å². The molecule has 0 aliphatic heterocycles. The maximum Gasteiger partial charge on any atom is 0.325 e. The van der Waals surface area contributed by atoms with Crippen LogP contribution in [0.15, 0.2) is 24.3 Å². The van der Waals surface area contributed by atoms with E-state index in [0.29, 0.717) is 5.56 Å². The van der Waals surface area contributed by atoms with Crippen molar-refractivity contribution < 1.29 is 39.3 Å². The van der Waals surface area contributed by atoms with Gasteiger partial charge in [0.15, 0.2) is 0 Å². The number of rotatable bonds is 12. The molecule has 0 saturated heterocycles. The second-order valence-corrected chi connectivity index (χ2v) is 7.93. The highest BCUT2D eigenvalue weighted by molar-refractivity contribution is 5.94. The lowest BCUT2D eigenvalue weighted by Crippen LogP contribution is -2.58. The summed E-state index contributed by atoms with van der Waals surface area (Å²) in [7, 11) is 0. The molecule has 1 rings (SSSR count). The Kier molecular flexibility index (Phi) is 10.3. The van der Waals surface area contributed by atoms with Gasteiger partial charge in [0.05, 0.1) is 12.5 Å². The van der Waals surface area contributed by atoms with Gasteiger partial charge in [-0.05, 0) is 30.5 Å². The van der Waals surface area contributed by atoms with Gasteiger partial charge >= 0.3 is 11.9 Å². The first-order valence-electron chi connectivity index (χ1n) is 10.2. The molecule has 12 heteroatoms. The van der Waals surface area contributed by atoms with Crippen LogP contribution in [0.4, 0.5) is 0 Å². The lowest BCUT2D eigenvalue weighted by molar-refractivity contribution is -0.141. The molecular weight excluding hydrogens is 436 g/mol. The molecule has 3 amide bonds. The fourth-order valence-electron chi connectivity index (χ4n) is 2.79. The van der Waals surface area contributed by atoms with E-state index in [9.17, 15) is 29.1 Å². The average Bonchev–Trinajstić information content (AvgIpc) is 2.71. The Balaban J connectivity index is 3.05. The van der Waals surface area contributed by atoms with Crippen molar-refractivity contribution in [2.75, 3.05) is 0 Å². The Labute approximate surface area is 190 Å². The minimum Gasteiger partial charge on any atom is -0.508 e. The Morgan fingerprint density at radius 2 is 1.45 bits per heavy atom. The minimum absolute atomic E-state index is 0.00331. The number of nitrogens with one attached hydrogen (secondary N) is 3. The number of carboxylic acids is 2. The summed E-state index contributed by atoms with van der Waals surface area (Å²) in [4.78, 5) is 59.7. The summed E-state index contributed by atoms with van der Waals surface area (Å²) in [6, 6.07) is 0.943. The van der Waals surface area contributed by atoms with Gasteiger partial charge < -0.3 is 37.0 Å². The van der Waals surface area contributed by atoms with Gasteiger partial charge in [0.25, 0.3) is 0 Å². The number of hydrogen-bond acceptors (Lipinski definition) is 7. The van der Waals surface area contributed by atoms with Crippen molar-refractivity contribution in [2.24, 2.45) is 11.7 Å². The summed E-state index contributed by atoms with van der Waals surface area (Å²) in [5, 5.41) is 34.5. The highest BCUT2D eigenvalue weighted by atomic mass is 16.4. The monoisotopic (exact) mass is 466 g/mol. The van der Waals surface area contributed by atoms with Gasteiger partial charge in [0, 0.05) is 6.42 Å². The molecular formula is C21H30N4O8. The maximum absolute atomic E-state index is 12.9. The third-order valence-corrected chi connectivity index (χ3v) is 4.72. The van der Waals surface area contributed by atoms with Crippen LogP contribution in [-0.4, -0.2) is 69.1 Å². The SMILES string of the molecule is CC(NC(=O)C(Cc1ccc(O)cc1)NC(=O)C(NC(=O)C(N)CC(=O)O)C(C)C)C(=O)O. The van der Waals surface area contributed by atoms with E-state index in [-0.39, 0.29) is 12.2 Å². The van der Waals surface area contributed by atoms with Crippen LogP contribution >= 0.6 is 0 Å². The molecule has 0 radical (unpaired) electrons. The summed E-state index contributed by atoms with van der Waals surface area (Å²) in [5.41, 5.74) is 6.12. The molecule has 0 saturated carbocycles. The Hall–Kier alpha value is -3.67. The van der Waals surface area contributed by atoms with E-state index in [1.807, 2.05) is 0 Å². The lowest BCUT2D eigenvalue weighted by atomic mass is 10.00. The van der Waals surface area contributed by atoms with Crippen molar-refractivity contribution >= 4 is 29.7 Å². The molecule has 0 fully saturated rings. The quantitative estimate of drug-likeness (QED) is 0.200. The Morgan fingerprint density at radius 3 is 1.94 bits per heavy atom. The number of carbonyl (C=O) groups is 5. The van der Waals surface area contributed by atoms with Crippen LogP contribution in [0.3, 0.4) is 0 Å². The summed E-state index contributed by atoms with van der Waals surface area (Å²) in [6.45, 7) is 4.53. The third kappa shape index (κ3) is 9.15. The molecule has 0 aliphatic rings. The zero-order valence-corrected chi connectivity index (χ0v) is 18.6. The van der Waals surface area contributed by atoms with Crippen molar-refractivity contribution in [3.05, 3.63) is 29.8 Å². The molecule has 0 aliphatic carbocycles. The van der Waals surface area contributed by atoms with Crippen LogP contribution in [0.5, 0.6) is 5.75 Å². The van der Waals surface area contributed by atoms with E-state index < -0.39 is 66.2 Å². The molecule has 0 heterocycles. The number of aliphatic carboxylic acids is 2. The standard InChI is InChI=1S/C21H30N4O8/c1-10(2)17(25-18(29)14(22)9-16(27)28)20(31)24-15(19(30)23-11(3)21(32)33)8-12-4-6-13(26)7-5-12/h4-7,10-11,14-15,17,26H,8-9,22H2,1-3H3,(H,23,30)(H,24,31)(H,25,29)(H,27,28)(H,32,33). The zero-order chi connectivity index (χ0) is 25.3. The number of aromatic hydroxyl groups is 1. The smallest absolute Gasteiger partial charge is 0.325 e. The molecule has 0 aromatic heterocycles. The van der Waals surface area contributed by atoms with Gasteiger partial charge in [-0.25, -0.2) is 0 Å². The van der Waals surface area contributed by atoms with Crippen molar-refractivity contribution in [3.63, 3.8) is 0 Å². The molecule has 8 N–H and O–H groups in total. The van der Waals surface area contributed by atoms with Gasteiger partial charge in [-0.15, -0.1) is 0 Å². The highest BCUT2D eigenvalue weighted by Crippen LogP contribution is 2.12. The molecule has 4 unspecified atom stereocenters. The molecule has 182 valence electrons. The van der Waals surface area contributed by atoms with Crippen LogP contribution in [0.25, 0.3) is 0 Å². The van der Waals surface area contributed by atoms with Crippen LogP contribution < -0.4 is 21.7 Å². The largest absolute Gasteiger partial charge is 0.508 e. The topological polar surface area (TPSA) is 208 Å². The number of carboxylic acid groups (broad SMARTS) is 2. The average molecular weight is 466 g/mol. The predicted molar refractivity (Wildman–Crippen MR) is 116 cm³/mol. The minimum atomic E-state index is -1.37. The summed E-state index contributed by atoms with van der Waals surface area (Å²) in [5.74, 6) is -5.32. The second kappa shape index (κ2) is 12.4. The van der Waals surface area contributed by atoms with Gasteiger partial charge in [-0.2, -0.15) is 0 Å². The molecule has 4 atom stereocenters. The van der Waals surface area contributed by atoms with Crippen molar-refractivity contribution in [2.45, 2.75) is 57.8 Å². The first-order chi connectivity index (χ1) is 15.3. The van der Waals surface area contributed by atoms with Crippen molar-refractivity contribution in [1.29, 1.82) is 0 Å². The van der Waals surface area contributed by atoms with Crippen LogP contribution in [0.2, 0.25) is 0 Å². The van der Waals surface area contributed by atoms with E-state index in [1.54, 1.807) is 13.8 Å². The van der Waals surface area contributed by atoms with Crippen LogP contribution in [-0.2, 0) is 30.4 Å². The maximum atomic E-state index is 12.9. The van der Waals surface area contributed by atoms with Crippen molar-refractivity contribution in [3.8, 4) is 5.75 Å². The molecule has 0 spiro atoms. The highest BCUT2D eigenvalue weighted by Gasteiger charge is 2.31. The zero-order valence-electron chi connectivity index (χ0n) is 18.6. The summed E-state index contributed by atoms with van der Waals surface area (Å²) < 4.78 is 0. The first-order valence-corrected chi connectivity index (χ1v) is 10.2. The Bertz CT molecular complexity index is 872. The van der Waals surface area contributed by atoms with Gasteiger partial charge in [-0.3, -0.25) is 24.0 Å². The number of nitrogens with two attached hydrogens (primary N) is 1. The number of carbonyl (C=O) groups excluding carboxylic acids is 3. The summed E-state index contributed by atoms with van der Waals surface area (Å²) in [6.07, 6.45) is -0.654. The van der Waals surface area contributed by atoms with E-state index in [4.69, 9.17) is 15.9 Å². The van der Waals surface area contributed by atoms with Gasteiger partial charge in [-0.1, -0.05) is 26.0 Å². The fourth-order valence-corrected chi connectivity index (χ4v) is 2.79. The van der Waals surface area contributed by atoms with Gasteiger partial charge in [0.1, 0.15) is 23.9 Å². The van der Waals surface area contributed by atoms with Crippen molar-refractivity contribution in [1.82, 2.24) is 16.0 Å². The van der Waals surface area contributed by atoms with Crippen LogP contribution in [0, 0.1) is 5.92 Å². The number of benzene rings is 1. The van der Waals surface area contributed by atoms with E-state index in [1.165, 1.54) is 31.2 Å². The van der Waals surface area contributed by atoms with E-state index in [2.05, 4.69) is 16.0 Å². The summed E-state index contributed by atoms with van der Waals surface area (Å²) >= 11 is 0. The molecule has 1 aromatic carbocycles. The second-order valence-electron chi connectivity index (χ2n) is 7.93. The van der Waals surface area contributed by atoms with Gasteiger partial charge in [0.2, 0.25) is 17.7 Å². The predicted octanol–water partition coefficient (Wildman–Crippen LogP) is -1.05. The van der Waals surface area contributed by atoms with Crippen LogP contribution in [0.1, 0.15) is 32.8 Å². The number of phenolic OH excluding ortho intramolecular Hbond substituents is 1. The number of amides is 3. The molecule has 0 bridgehead atoms. The normalized spacial score (nSPS) is 14.5. The first kappa shape index (κ1) is 27.4. The Morgan fingerprint density at radius 1 is 0.879 bits per heavy atom. The molecule has 33 heavy (non-hydrogen) atoms. The molecule has 12 nitrogen and oxygen atoms in total. The number of phenols is 1. The lowest BCUT2D eigenvalue weighted by Gasteiger charge is -2.26. The number of hydrogen-bond donors (Lipinski definition) is 7. The third-order valence-electron chi connectivity index (χ3n) is 4.72. The van der Waals surface area contributed by atoms with E-state index >= 15 is 0 Å². The molecule has 1 aromatic rings.